The molecule has 5 heteroatoms. The molecule has 1 N–H and O–H groups in total. The van der Waals surface area contributed by atoms with Gasteiger partial charge in [0.2, 0.25) is 0 Å². The fraction of sp³-hybridized carbons (Fsp3) is 0.667. The third-order valence-corrected chi connectivity index (χ3v) is 3.75. The van der Waals surface area contributed by atoms with Gasteiger partial charge in [0.25, 0.3) is 5.91 Å². The Bertz CT molecular complexity index is 468. The minimum Gasteiger partial charge on any atom is -0.337 e. The molecule has 2 fully saturated rings. The second-order valence-corrected chi connectivity index (χ2v) is 6.26. The van der Waals surface area contributed by atoms with Crippen molar-refractivity contribution < 1.29 is 4.79 Å². The van der Waals surface area contributed by atoms with Crippen molar-refractivity contribution in [1.29, 1.82) is 0 Å². The van der Waals surface area contributed by atoms with E-state index >= 15 is 0 Å². The summed E-state index contributed by atoms with van der Waals surface area (Å²) in [4.78, 5) is 14.2. The fourth-order valence-corrected chi connectivity index (χ4v) is 2.72. The van der Waals surface area contributed by atoms with Crippen LogP contribution in [0.1, 0.15) is 48.7 Å². The van der Waals surface area contributed by atoms with Crippen LogP contribution in [0.25, 0.3) is 0 Å². The van der Waals surface area contributed by atoms with Gasteiger partial charge in [-0.3, -0.25) is 9.89 Å². The summed E-state index contributed by atoms with van der Waals surface area (Å²) in [5.74, 6) is 0.494. The Labute approximate surface area is 105 Å². The van der Waals surface area contributed by atoms with Crippen molar-refractivity contribution in [2.75, 3.05) is 13.1 Å². The molecule has 1 aliphatic carbocycles. The molecular weight excluding hydrogens is 238 g/mol. The number of H-pyrrole nitrogens is 1. The average molecular weight is 254 g/mol. The first kappa shape index (κ1) is 11.1. The van der Waals surface area contributed by atoms with Crippen LogP contribution in [-0.4, -0.2) is 34.1 Å². The van der Waals surface area contributed by atoms with Crippen LogP contribution in [0.2, 0.25) is 5.15 Å². The average Bonchev–Trinajstić information content (AvgIpc) is 2.98. The van der Waals surface area contributed by atoms with Gasteiger partial charge < -0.3 is 4.90 Å². The molecule has 0 atom stereocenters. The van der Waals surface area contributed by atoms with Gasteiger partial charge in [0, 0.05) is 19.0 Å². The molecule has 1 aromatic rings. The highest BCUT2D eigenvalue weighted by atomic mass is 35.5. The van der Waals surface area contributed by atoms with Crippen LogP contribution < -0.4 is 0 Å². The molecule has 1 saturated carbocycles. The van der Waals surface area contributed by atoms with Crippen molar-refractivity contribution in [2.24, 2.45) is 5.41 Å². The van der Waals surface area contributed by atoms with Crippen molar-refractivity contribution in [3.63, 3.8) is 0 Å². The third-order valence-electron chi connectivity index (χ3n) is 3.47. The van der Waals surface area contributed by atoms with Gasteiger partial charge in [0.15, 0.2) is 5.15 Å². The molecule has 1 saturated heterocycles. The standard InChI is InChI=1S/C12H16ClN3O/c1-12(2)5-16(6-12)11(17)8-9(7-3-4-7)14-15-10(8)13/h7H,3-6H2,1-2H3,(H,14,15). The van der Waals surface area contributed by atoms with Gasteiger partial charge in [-0.05, 0) is 18.3 Å². The van der Waals surface area contributed by atoms with Gasteiger partial charge in [-0.1, -0.05) is 25.4 Å². The number of hydrogen-bond acceptors (Lipinski definition) is 2. The van der Waals surface area contributed by atoms with Crippen LogP contribution in [-0.2, 0) is 0 Å². The molecule has 1 aliphatic heterocycles. The Morgan fingerprint density at radius 2 is 2.12 bits per heavy atom. The van der Waals surface area contributed by atoms with Crippen molar-refractivity contribution in [3.8, 4) is 0 Å². The molecule has 17 heavy (non-hydrogen) atoms. The van der Waals surface area contributed by atoms with Gasteiger partial charge >= 0.3 is 0 Å². The molecule has 92 valence electrons. The minimum atomic E-state index is 0.0324. The second-order valence-electron chi connectivity index (χ2n) is 5.90. The lowest BCUT2D eigenvalue weighted by Gasteiger charge is -2.45. The Morgan fingerprint density at radius 3 is 2.65 bits per heavy atom. The maximum Gasteiger partial charge on any atom is 0.258 e. The summed E-state index contributed by atoms with van der Waals surface area (Å²) in [5.41, 5.74) is 1.78. The van der Waals surface area contributed by atoms with E-state index in [9.17, 15) is 4.79 Å². The zero-order valence-electron chi connectivity index (χ0n) is 10.1. The largest absolute Gasteiger partial charge is 0.337 e. The molecule has 0 unspecified atom stereocenters. The Morgan fingerprint density at radius 1 is 1.47 bits per heavy atom. The molecule has 3 rings (SSSR count). The van der Waals surface area contributed by atoms with Crippen LogP contribution in [0.15, 0.2) is 0 Å². The van der Waals surface area contributed by atoms with Crippen molar-refractivity contribution in [2.45, 2.75) is 32.6 Å². The van der Waals surface area contributed by atoms with Gasteiger partial charge in [-0.25, -0.2) is 0 Å². The van der Waals surface area contributed by atoms with E-state index < -0.39 is 0 Å². The van der Waals surface area contributed by atoms with Crippen LogP contribution in [0.5, 0.6) is 0 Å². The highest BCUT2D eigenvalue weighted by Crippen LogP contribution is 2.43. The van der Waals surface area contributed by atoms with Crippen LogP contribution >= 0.6 is 11.6 Å². The number of hydrogen-bond donors (Lipinski definition) is 1. The van der Waals surface area contributed by atoms with E-state index in [-0.39, 0.29) is 11.3 Å². The van der Waals surface area contributed by atoms with E-state index in [0.29, 0.717) is 16.6 Å². The lowest BCUT2D eigenvalue weighted by Crippen LogP contribution is -2.55. The summed E-state index contributed by atoms with van der Waals surface area (Å²) >= 11 is 6.02. The van der Waals surface area contributed by atoms with E-state index in [0.717, 1.165) is 31.6 Å². The number of carbonyl (C=O) groups excluding carboxylic acids is 1. The molecule has 1 aromatic heterocycles. The molecule has 0 radical (unpaired) electrons. The van der Waals surface area contributed by atoms with Crippen molar-refractivity contribution >= 4 is 17.5 Å². The number of nitrogens with one attached hydrogen (secondary N) is 1. The zero-order valence-corrected chi connectivity index (χ0v) is 10.8. The van der Waals surface area contributed by atoms with Gasteiger partial charge in [0.05, 0.1) is 11.3 Å². The zero-order chi connectivity index (χ0) is 12.2. The highest BCUT2D eigenvalue weighted by molar-refractivity contribution is 6.32. The summed E-state index contributed by atoms with van der Waals surface area (Å²) in [6.07, 6.45) is 2.26. The van der Waals surface area contributed by atoms with E-state index in [1.165, 1.54) is 0 Å². The van der Waals surface area contributed by atoms with Crippen molar-refractivity contribution in [1.82, 2.24) is 15.1 Å². The Kier molecular flexibility index (Phi) is 2.27. The number of rotatable bonds is 2. The quantitative estimate of drug-likeness (QED) is 0.880. The molecule has 1 amide bonds. The lowest BCUT2D eigenvalue weighted by atomic mass is 9.84. The normalized spacial score (nSPS) is 22.4. The Hall–Kier alpha value is -1.03. The maximum atomic E-state index is 12.3. The summed E-state index contributed by atoms with van der Waals surface area (Å²) in [6.45, 7) is 5.93. The second kappa shape index (κ2) is 3.48. The Balaban J connectivity index is 1.84. The van der Waals surface area contributed by atoms with Gasteiger partial charge in [-0.15, -0.1) is 0 Å². The number of carbonyl (C=O) groups is 1. The number of aromatic amines is 1. The van der Waals surface area contributed by atoms with Gasteiger partial charge in [0.1, 0.15) is 0 Å². The molecule has 0 bridgehead atoms. The van der Waals surface area contributed by atoms with E-state index in [1.54, 1.807) is 0 Å². The first-order chi connectivity index (χ1) is 7.98. The van der Waals surface area contributed by atoms with Crippen molar-refractivity contribution in [3.05, 3.63) is 16.4 Å². The number of aromatic nitrogens is 2. The SMILES string of the molecule is CC1(C)CN(C(=O)c2c(Cl)n[nH]c2C2CC2)C1. The van der Waals surface area contributed by atoms with Crippen LogP contribution in [0.3, 0.4) is 0 Å². The molecular formula is C12H16ClN3O. The summed E-state index contributed by atoms with van der Waals surface area (Å²) in [6, 6.07) is 0. The smallest absolute Gasteiger partial charge is 0.258 e. The maximum absolute atomic E-state index is 12.3. The monoisotopic (exact) mass is 253 g/mol. The summed E-state index contributed by atoms with van der Waals surface area (Å²) in [7, 11) is 0. The molecule has 2 heterocycles. The van der Waals surface area contributed by atoms with E-state index in [1.807, 2.05) is 4.90 Å². The van der Waals surface area contributed by atoms with Gasteiger partial charge in [-0.2, -0.15) is 5.10 Å². The topological polar surface area (TPSA) is 49.0 Å². The summed E-state index contributed by atoms with van der Waals surface area (Å²) in [5, 5.41) is 7.20. The molecule has 0 spiro atoms. The van der Waals surface area contributed by atoms with Crippen LogP contribution in [0.4, 0.5) is 0 Å². The molecule has 0 aromatic carbocycles. The number of likely N-dealkylation sites (tertiary alicyclic amines) is 1. The number of halogens is 1. The first-order valence-electron chi connectivity index (χ1n) is 6.01. The first-order valence-corrected chi connectivity index (χ1v) is 6.39. The van der Waals surface area contributed by atoms with E-state index in [4.69, 9.17) is 11.6 Å². The van der Waals surface area contributed by atoms with Crippen LogP contribution in [0, 0.1) is 5.41 Å². The molecule has 4 nitrogen and oxygen atoms in total. The number of nitrogens with zero attached hydrogens (tertiary/aromatic N) is 2. The number of amides is 1. The van der Waals surface area contributed by atoms with E-state index in [2.05, 4.69) is 24.0 Å². The highest BCUT2D eigenvalue weighted by Gasteiger charge is 2.41. The predicted molar refractivity (Wildman–Crippen MR) is 65.3 cm³/mol. The minimum absolute atomic E-state index is 0.0324. The third kappa shape index (κ3) is 1.84. The lowest BCUT2D eigenvalue weighted by molar-refractivity contribution is 0.0235. The predicted octanol–water partition coefficient (Wildman–Crippen LogP) is 2.42. The molecule has 2 aliphatic rings. The fourth-order valence-electron chi connectivity index (χ4n) is 2.49. The summed E-state index contributed by atoms with van der Waals surface area (Å²) < 4.78 is 0.